The Hall–Kier alpha value is -3.43. The van der Waals surface area contributed by atoms with Gasteiger partial charge in [0.2, 0.25) is 4.93 Å². The summed E-state index contributed by atoms with van der Waals surface area (Å²) in [6.07, 6.45) is -1.65. The lowest BCUT2D eigenvalue weighted by Gasteiger charge is -2.48. The number of hydrogen-bond donors (Lipinski definition) is 2. The quantitative estimate of drug-likeness (QED) is 0.0780. The van der Waals surface area contributed by atoms with E-state index in [4.69, 9.17) is 44.3 Å². The highest BCUT2D eigenvalue weighted by Gasteiger charge is 2.58. The lowest BCUT2D eigenvalue weighted by Crippen LogP contribution is -2.68. The number of aliphatic hydroxyl groups is 1. The van der Waals surface area contributed by atoms with E-state index in [-0.39, 0.29) is 38.6 Å². The van der Waals surface area contributed by atoms with E-state index in [0.29, 0.717) is 0 Å². The molecule has 1 saturated heterocycles. The molecule has 16 nitrogen and oxygen atoms in total. The van der Waals surface area contributed by atoms with E-state index < -0.39 is 84.4 Å². The average molecular weight is 650 g/mol. The molecule has 0 saturated carbocycles. The lowest BCUT2D eigenvalue weighted by atomic mass is 9.89. The molecule has 1 amide bonds. The van der Waals surface area contributed by atoms with E-state index in [0.717, 1.165) is 46.6 Å². The van der Waals surface area contributed by atoms with Gasteiger partial charge in [0.1, 0.15) is 31.5 Å². The van der Waals surface area contributed by atoms with Crippen molar-refractivity contribution >= 4 is 47.5 Å². The summed E-state index contributed by atoms with van der Waals surface area (Å²) in [5, 5.41) is 13.5. The zero-order valence-electron chi connectivity index (χ0n) is 25.2. The molecule has 0 unspecified atom stereocenters. The number of terminal acetylenes is 1. The molecule has 0 bridgehead atoms. The van der Waals surface area contributed by atoms with Crippen molar-refractivity contribution in [1.82, 2.24) is 5.32 Å². The molecule has 1 aliphatic heterocycles. The van der Waals surface area contributed by atoms with Crippen molar-refractivity contribution in [2.45, 2.75) is 69.5 Å². The predicted octanol–water partition coefficient (Wildman–Crippen LogP) is -1.12. The molecule has 17 heteroatoms. The summed E-state index contributed by atoms with van der Waals surface area (Å²) in [5.41, 5.74) is 0. The van der Waals surface area contributed by atoms with E-state index >= 15 is 0 Å². The fourth-order valence-electron chi connectivity index (χ4n) is 4.02. The summed E-state index contributed by atoms with van der Waals surface area (Å²) in [5.74, 6) is -2.58. The van der Waals surface area contributed by atoms with Gasteiger partial charge in [-0.25, -0.2) is 4.79 Å². The van der Waals surface area contributed by atoms with Gasteiger partial charge in [0.15, 0.2) is 12.7 Å². The van der Waals surface area contributed by atoms with Crippen LogP contribution in [-0.4, -0.2) is 129 Å². The first-order chi connectivity index (χ1) is 20.8. The first kappa shape index (κ1) is 38.6. The zero-order valence-corrected chi connectivity index (χ0v) is 26.0. The van der Waals surface area contributed by atoms with Crippen LogP contribution in [0.4, 0.5) is 0 Å². The largest absolute Gasteiger partial charge is 0.466 e. The summed E-state index contributed by atoms with van der Waals surface area (Å²) in [6.45, 7) is 3.50. The van der Waals surface area contributed by atoms with Crippen LogP contribution < -0.4 is 5.32 Å². The van der Waals surface area contributed by atoms with Gasteiger partial charge in [0, 0.05) is 39.9 Å². The van der Waals surface area contributed by atoms with Crippen molar-refractivity contribution in [2.75, 3.05) is 52.5 Å². The molecule has 1 rings (SSSR count). The minimum absolute atomic E-state index is 0.0973. The van der Waals surface area contributed by atoms with Gasteiger partial charge >= 0.3 is 29.8 Å². The molecule has 1 fully saturated rings. The van der Waals surface area contributed by atoms with Crippen molar-refractivity contribution in [3.05, 3.63) is 0 Å². The number of carbonyl (C=O) groups excluding carboxylic acids is 6. The van der Waals surface area contributed by atoms with Crippen molar-refractivity contribution in [2.24, 2.45) is 0 Å². The van der Waals surface area contributed by atoms with Gasteiger partial charge in [0.25, 0.3) is 5.91 Å². The third-order valence-electron chi connectivity index (χ3n) is 5.68. The molecule has 1 heterocycles. The summed E-state index contributed by atoms with van der Waals surface area (Å²) in [6, 6.07) is -1.39. The first-order valence-electron chi connectivity index (χ1n) is 13.3. The van der Waals surface area contributed by atoms with Crippen LogP contribution in [0.25, 0.3) is 0 Å². The van der Waals surface area contributed by atoms with Crippen molar-refractivity contribution in [1.29, 1.82) is 0 Å². The maximum atomic E-state index is 13.3. The number of esters is 5. The molecule has 0 aromatic carbocycles. The predicted molar refractivity (Wildman–Crippen MR) is 149 cm³/mol. The van der Waals surface area contributed by atoms with E-state index in [9.17, 15) is 33.9 Å². The summed E-state index contributed by atoms with van der Waals surface area (Å²) in [4.78, 5) is 71.1. The Labute approximate surface area is 259 Å². The number of amides is 1. The minimum atomic E-state index is -1.94. The van der Waals surface area contributed by atoms with E-state index in [2.05, 4.69) is 11.2 Å². The molecule has 6 atom stereocenters. The molecular formula is C27H39NO15S. The van der Waals surface area contributed by atoms with Crippen molar-refractivity contribution < 1.29 is 71.8 Å². The van der Waals surface area contributed by atoms with Gasteiger partial charge in [-0.3, -0.25) is 24.0 Å². The Morgan fingerprint density at radius 3 is 2.23 bits per heavy atom. The summed E-state index contributed by atoms with van der Waals surface area (Å²) in [7, 11) is 1.09. The van der Waals surface area contributed by atoms with Gasteiger partial charge < -0.3 is 48.3 Å². The van der Waals surface area contributed by atoms with Crippen LogP contribution in [0.2, 0.25) is 0 Å². The minimum Gasteiger partial charge on any atom is -0.466 e. The molecule has 0 spiro atoms. The second-order valence-electron chi connectivity index (χ2n) is 9.21. The molecular weight excluding hydrogens is 610 g/mol. The Balaban J connectivity index is 3.52. The highest BCUT2D eigenvalue weighted by Crippen LogP contribution is 2.42. The first-order valence-corrected chi connectivity index (χ1v) is 14.3. The van der Waals surface area contributed by atoms with Crippen LogP contribution in [0.3, 0.4) is 0 Å². The molecule has 0 aliphatic carbocycles. The SMILES string of the molecule is C#CCOCCOCCS[C@@]1(C(=O)OC)C[C@H](OC(C)=O)[C@@H](NC(=O)COC(C)=O)[C@H]([C@H](OC(C)=O)[C@H](O)COC(C)=O)O1. The zero-order chi connectivity index (χ0) is 33.3. The maximum absolute atomic E-state index is 13.3. The number of nitrogens with one attached hydrogen (secondary N) is 1. The van der Waals surface area contributed by atoms with Crippen LogP contribution in [0, 0.1) is 12.3 Å². The smallest absolute Gasteiger partial charge is 0.348 e. The Morgan fingerprint density at radius 2 is 1.66 bits per heavy atom. The van der Waals surface area contributed by atoms with Gasteiger partial charge in [-0.1, -0.05) is 5.92 Å². The van der Waals surface area contributed by atoms with Gasteiger partial charge in [0.05, 0.1) is 33.0 Å². The van der Waals surface area contributed by atoms with Crippen molar-refractivity contribution in [3.63, 3.8) is 0 Å². The fraction of sp³-hybridized carbons (Fsp3) is 0.704. The third-order valence-corrected chi connectivity index (χ3v) is 6.95. The molecule has 0 aromatic rings. The second kappa shape index (κ2) is 19.8. The topological polar surface area (TPSA) is 209 Å². The highest BCUT2D eigenvalue weighted by molar-refractivity contribution is 8.01. The van der Waals surface area contributed by atoms with Crippen LogP contribution in [0.15, 0.2) is 0 Å². The van der Waals surface area contributed by atoms with Gasteiger partial charge in [-0.05, 0) is 0 Å². The Morgan fingerprint density at radius 1 is 1.00 bits per heavy atom. The Kier molecular flexibility index (Phi) is 17.3. The van der Waals surface area contributed by atoms with Crippen LogP contribution in [0.5, 0.6) is 0 Å². The van der Waals surface area contributed by atoms with Gasteiger partial charge in [-0.15, -0.1) is 18.2 Å². The van der Waals surface area contributed by atoms with E-state index in [1.165, 1.54) is 0 Å². The van der Waals surface area contributed by atoms with Crippen LogP contribution in [0.1, 0.15) is 34.1 Å². The molecule has 248 valence electrons. The molecule has 0 radical (unpaired) electrons. The maximum Gasteiger partial charge on any atom is 0.348 e. The number of hydrogen-bond acceptors (Lipinski definition) is 16. The number of carbonyl (C=O) groups is 6. The van der Waals surface area contributed by atoms with Crippen molar-refractivity contribution in [3.8, 4) is 12.3 Å². The number of thioether (sulfide) groups is 1. The second-order valence-corrected chi connectivity index (χ2v) is 10.6. The van der Waals surface area contributed by atoms with E-state index in [1.54, 1.807) is 0 Å². The van der Waals surface area contributed by atoms with Crippen LogP contribution in [-0.2, 0) is 66.7 Å². The lowest BCUT2D eigenvalue weighted by molar-refractivity contribution is -0.220. The van der Waals surface area contributed by atoms with Crippen LogP contribution >= 0.6 is 11.8 Å². The normalized spacial score (nSPS) is 22.3. The molecule has 0 aromatic heterocycles. The molecule has 2 N–H and O–H groups in total. The highest BCUT2D eigenvalue weighted by atomic mass is 32.2. The summed E-state index contributed by atoms with van der Waals surface area (Å²) >= 11 is 0.906. The molecule has 1 aliphatic rings. The fourth-order valence-corrected chi connectivity index (χ4v) is 5.22. The number of rotatable bonds is 18. The monoisotopic (exact) mass is 649 g/mol. The number of aliphatic hydroxyl groups excluding tert-OH is 1. The molecule has 44 heavy (non-hydrogen) atoms. The summed E-state index contributed by atoms with van der Waals surface area (Å²) < 4.78 is 42.3. The number of ether oxygens (including phenoxy) is 8. The number of methoxy groups -OCH3 is 1. The van der Waals surface area contributed by atoms with E-state index in [1.807, 2.05) is 0 Å². The van der Waals surface area contributed by atoms with Gasteiger partial charge in [-0.2, -0.15) is 0 Å². The average Bonchev–Trinajstić information content (AvgIpc) is 2.95. The standard InChI is InChI=1S/C27H39NO15S/c1-7-8-37-9-10-38-11-12-44-27(26(35)36-6)13-21(41-18(4)31)23(28-22(34)15-40-17(3)30)25(43-27)24(42-19(5)32)20(33)14-39-16(2)29/h1,20-21,23-25,33H,8-15H2,2-6H3,(H,28,34)/t20-,21+,23-,24-,25-,27-/m1/s1. The Bertz CT molecular complexity index is 1050. The third kappa shape index (κ3) is 13.5.